The average molecular weight is 269 g/mol. The highest BCUT2D eigenvalue weighted by atomic mass is 19.4. The topological polar surface area (TPSA) is 47.6 Å². The number of amides is 1. The number of para-hydroxylation sites is 1. The molecule has 0 atom stereocenters. The summed E-state index contributed by atoms with van der Waals surface area (Å²) in [5.74, 6) is -3.41. The second-order valence-electron chi connectivity index (χ2n) is 3.25. The normalized spacial score (nSPS) is 16.5. The Morgan fingerprint density at radius 3 is 2.50 bits per heavy atom. The van der Waals surface area contributed by atoms with Crippen molar-refractivity contribution in [2.24, 2.45) is 0 Å². The molecule has 1 aliphatic rings. The zero-order chi connectivity index (χ0) is 13.6. The molecule has 0 unspecified atom stereocenters. The fourth-order valence-corrected chi connectivity index (χ4v) is 1.26. The number of ether oxygens (including phenoxy) is 2. The summed E-state index contributed by atoms with van der Waals surface area (Å²) in [5.41, 5.74) is -0.549. The first-order valence-corrected chi connectivity index (χ1v) is 4.46. The van der Waals surface area contributed by atoms with Gasteiger partial charge in [0.15, 0.2) is 11.5 Å². The van der Waals surface area contributed by atoms with Crippen LogP contribution in [0.3, 0.4) is 0 Å². The first kappa shape index (κ1) is 12.4. The van der Waals surface area contributed by atoms with Gasteiger partial charge in [-0.2, -0.15) is 13.2 Å². The lowest BCUT2D eigenvalue weighted by Gasteiger charge is -2.10. The molecule has 1 heterocycles. The van der Waals surface area contributed by atoms with Gasteiger partial charge in [-0.15, -0.1) is 8.78 Å². The molecule has 0 aromatic heterocycles. The lowest BCUT2D eigenvalue weighted by molar-refractivity contribution is -0.286. The van der Waals surface area contributed by atoms with Crippen molar-refractivity contribution < 1.29 is 36.2 Å². The van der Waals surface area contributed by atoms with E-state index in [1.54, 1.807) is 0 Å². The third-order valence-corrected chi connectivity index (χ3v) is 1.93. The van der Waals surface area contributed by atoms with Gasteiger partial charge in [-0.3, -0.25) is 4.79 Å². The van der Waals surface area contributed by atoms with Crippen LogP contribution < -0.4 is 14.8 Å². The summed E-state index contributed by atoms with van der Waals surface area (Å²) in [7, 11) is 0. The molecule has 0 bridgehead atoms. The molecule has 18 heavy (non-hydrogen) atoms. The zero-order valence-electron chi connectivity index (χ0n) is 8.35. The molecule has 1 N–H and O–H groups in total. The zero-order valence-corrected chi connectivity index (χ0v) is 8.35. The minimum Gasteiger partial charge on any atom is -0.395 e. The van der Waals surface area contributed by atoms with Gasteiger partial charge in [0.25, 0.3) is 0 Å². The molecule has 1 amide bonds. The van der Waals surface area contributed by atoms with Crippen LogP contribution in [0.2, 0.25) is 0 Å². The van der Waals surface area contributed by atoms with E-state index >= 15 is 0 Å². The van der Waals surface area contributed by atoms with Crippen molar-refractivity contribution in [1.82, 2.24) is 0 Å². The highest BCUT2D eigenvalue weighted by Gasteiger charge is 2.46. The average Bonchev–Trinajstić information content (AvgIpc) is 2.51. The summed E-state index contributed by atoms with van der Waals surface area (Å²) in [6.07, 6.45) is -9.11. The van der Waals surface area contributed by atoms with Crippen LogP contribution in [0.4, 0.5) is 27.6 Å². The lowest BCUT2D eigenvalue weighted by atomic mass is 10.2. The smallest absolute Gasteiger partial charge is 0.395 e. The van der Waals surface area contributed by atoms with Gasteiger partial charge in [-0.25, -0.2) is 0 Å². The van der Waals surface area contributed by atoms with Crippen LogP contribution in [0.25, 0.3) is 0 Å². The number of alkyl halides is 5. The molecule has 0 radical (unpaired) electrons. The molecule has 0 spiro atoms. The van der Waals surface area contributed by atoms with Gasteiger partial charge in [0.05, 0.1) is 5.69 Å². The number of benzene rings is 1. The number of carbonyl (C=O) groups is 1. The summed E-state index contributed by atoms with van der Waals surface area (Å²) in [6, 6.07) is 3.18. The Labute approximate surface area is 96.3 Å². The predicted molar refractivity (Wildman–Crippen MR) is 47.3 cm³/mol. The Morgan fingerprint density at radius 2 is 1.89 bits per heavy atom. The third kappa shape index (κ3) is 2.29. The molecule has 1 aliphatic heterocycles. The van der Waals surface area contributed by atoms with Gasteiger partial charge in [0.1, 0.15) is 0 Å². The Balaban J connectivity index is 2.28. The van der Waals surface area contributed by atoms with E-state index in [9.17, 15) is 26.7 Å². The van der Waals surface area contributed by atoms with E-state index in [4.69, 9.17) is 0 Å². The molecule has 2 rings (SSSR count). The standard InChI is InChI=1S/C9H4F5NO3/c10-8(11,12)7(16)15-4-2-1-3-5-6(4)18-9(13,14)17-5/h1-3H,(H,15,16). The maximum absolute atomic E-state index is 12.7. The number of carbonyl (C=O) groups excluding carboxylic acids is 1. The second-order valence-corrected chi connectivity index (χ2v) is 3.25. The molecule has 0 fully saturated rings. The van der Waals surface area contributed by atoms with E-state index in [0.717, 1.165) is 18.2 Å². The summed E-state index contributed by atoms with van der Waals surface area (Å²) in [5, 5.41) is 1.42. The minimum atomic E-state index is -5.13. The maximum atomic E-state index is 12.7. The van der Waals surface area contributed by atoms with Crippen molar-refractivity contribution in [2.75, 3.05) is 5.32 Å². The quantitative estimate of drug-likeness (QED) is 0.797. The fourth-order valence-electron chi connectivity index (χ4n) is 1.26. The van der Waals surface area contributed by atoms with Gasteiger partial charge >= 0.3 is 18.4 Å². The van der Waals surface area contributed by atoms with Gasteiger partial charge in [-0.1, -0.05) is 6.07 Å². The number of anilines is 1. The first-order valence-electron chi connectivity index (χ1n) is 4.46. The molecule has 0 saturated carbocycles. The number of hydrogen-bond donors (Lipinski definition) is 1. The number of halogens is 5. The van der Waals surface area contributed by atoms with Crippen LogP contribution in [-0.2, 0) is 4.79 Å². The van der Waals surface area contributed by atoms with Crippen LogP contribution in [0.1, 0.15) is 0 Å². The molecule has 98 valence electrons. The maximum Gasteiger partial charge on any atom is 0.586 e. The summed E-state index contributed by atoms with van der Waals surface area (Å²) in [6.45, 7) is 0. The molecular formula is C9H4F5NO3. The monoisotopic (exact) mass is 269 g/mol. The SMILES string of the molecule is O=C(Nc1cccc2c1OC(F)(F)O2)C(F)(F)F. The van der Waals surface area contributed by atoms with Crippen molar-refractivity contribution in [1.29, 1.82) is 0 Å². The van der Waals surface area contributed by atoms with Crippen molar-refractivity contribution in [3.05, 3.63) is 18.2 Å². The van der Waals surface area contributed by atoms with Crippen molar-refractivity contribution in [2.45, 2.75) is 12.5 Å². The highest BCUT2D eigenvalue weighted by molar-refractivity contribution is 5.96. The van der Waals surface area contributed by atoms with Crippen LogP contribution in [-0.4, -0.2) is 18.4 Å². The first-order chi connectivity index (χ1) is 8.19. The van der Waals surface area contributed by atoms with Crippen molar-refractivity contribution in [3.8, 4) is 11.5 Å². The highest BCUT2D eigenvalue weighted by Crippen LogP contribution is 2.45. The molecule has 1 aromatic carbocycles. The van der Waals surface area contributed by atoms with Crippen LogP contribution >= 0.6 is 0 Å². The molecular weight excluding hydrogens is 265 g/mol. The Morgan fingerprint density at radius 1 is 1.22 bits per heavy atom. The van der Waals surface area contributed by atoms with E-state index < -0.39 is 35.6 Å². The summed E-state index contributed by atoms with van der Waals surface area (Å²) in [4.78, 5) is 10.7. The Hall–Kier alpha value is -2.06. The van der Waals surface area contributed by atoms with Crippen molar-refractivity contribution in [3.63, 3.8) is 0 Å². The number of fused-ring (bicyclic) bond motifs is 1. The molecule has 1 aromatic rings. The summed E-state index contributed by atoms with van der Waals surface area (Å²) < 4.78 is 69.5. The van der Waals surface area contributed by atoms with Gasteiger partial charge < -0.3 is 14.8 Å². The van der Waals surface area contributed by atoms with Gasteiger partial charge in [0, 0.05) is 0 Å². The third-order valence-electron chi connectivity index (χ3n) is 1.93. The van der Waals surface area contributed by atoms with Crippen LogP contribution in [0, 0.1) is 0 Å². The number of hydrogen-bond acceptors (Lipinski definition) is 3. The second kappa shape index (κ2) is 3.72. The number of nitrogens with one attached hydrogen (secondary N) is 1. The molecule has 0 saturated heterocycles. The minimum absolute atomic E-state index is 0.458. The lowest BCUT2D eigenvalue weighted by Crippen LogP contribution is -2.30. The van der Waals surface area contributed by atoms with E-state index in [1.165, 1.54) is 5.32 Å². The predicted octanol–water partition coefficient (Wildman–Crippen LogP) is 2.51. The number of rotatable bonds is 1. The van der Waals surface area contributed by atoms with Crippen LogP contribution in [0.15, 0.2) is 18.2 Å². The van der Waals surface area contributed by atoms with Crippen LogP contribution in [0.5, 0.6) is 11.5 Å². The summed E-state index contributed by atoms with van der Waals surface area (Å²) >= 11 is 0. The van der Waals surface area contributed by atoms with E-state index in [-0.39, 0.29) is 0 Å². The molecule has 9 heteroatoms. The Bertz CT molecular complexity index is 499. The van der Waals surface area contributed by atoms with Crippen molar-refractivity contribution >= 4 is 11.6 Å². The van der Waals surface area contributed by atoms with E-state index in [1.807, 2.05) is 0 Å². The van der Waals surface area contributed by atoms with Gasteiger partial charge in [-0.05, 0) is 12.1 Å². The van der Waals surface area contributed by atoms with E-state index in [2.05, 4.69) is 9.47 Å². The molecule has 4 nitrogen and oxygen atoms in total. The largest absolute Gasteiger partial charge is 0.586 e. The van der Waals surface area contributed by atoms with E-state index in [0.29, 0.717) is 0 Å². The fraction of sp³-hybridized carbons (Fsp3) is 0.222. The molecule has 0 aliphatic carbocycles. The van der Waals surface area contributed by atoms with Gasteiger partial charge in [0.2, 0.25) is 0 Å². The Kier molecular flexibility index (Phi) is 2.56.